The van der Waals surface area contributed by atoms with Gasteiger partial charge in [0.2, 0.25) is 0 Å². The van der Waals surface area contributed by atoms with Gasteiger partial charge in [-0.25, -0.2) is 9.24 Å². The Morgan fingerprint density at radius 3 is 1.11 bits per heavy atom. The number of hydrogen-bond donors (Lipinski definition) is 0. The highest BCUT2D eigenvalue weighted by Gasteiger charge is 2.33. The van der Waals surface area contributed by atoms with Crippen molar-refractivity contribution in [3.05, 3.63) is 0 Å². The first-order valence-corrected chi connectivity index (χ1v) is 17.3. The van der Waals surface area contributed by atoms with Crippen LogP contribution in [0.4, 0.5) is 0 Å². The molecule has 0 radical (unpaired) electrons. The molecule has 0 amide bonds. The smallest absolute Gasteiger partial charge is 0.309 e. The first-order valence-electron chi connectivity index (χ1n) is 15.8. The molecule has 0 heterocycles. The Kier molecular flexibility index (Phi) is 26.3. The van der Waals surface area contributed by atoms with Crippen molar-refractivity contribution in [1.29, 1.82) is 0 Å². The van der Waals surface area contributed by atoms with E-state index in [4.69, 9.17) is 9.05 Å². The molecule has 0 saturated carbocycles. The van der Waals surface area contributed by atoms with Crippen molar-refractivity contribution in [1.82, 2.24) is 14.5 Å². The minimum Gasteiger partial charge on any atom is -0.309 e. The van der Waals surface area contributed by atoms with E-state index in [1.165, 1.54) is 77.0 Å². The summed E-state index contributed by atoms with van der Waals surface area (Å²) in [4.78, 5) is 4.37. The minimum atomic E-state index is -3.29. The Morgan fingerprint density at radius 1 is 0.459 bits per heavy atom. The average Bonchev–Trinajstić information content (AvgIpc) is 2.85. The first-order chi connectivity index (χ1) is 17.9. The van der Waals surface area contributed by atoms with Gasteiger partial charge in [-0.1, -0.05) is 104 Å². The Bertz CT molecular complexity index is 480. The summed E-state index contributed by atoms with van der Waals surface area (Å²) in [6, 6.07) is 0. The Hall–Kier alpha value is 0.0300. The van der Waals surface area contributed by atoms with Crippen LogP contribution in [0.25, 0.3) is 0 Å². The minimum absolute atomic E-state index is 0.529. The molecule has 6 nitrogen and oxygen atoms in total. The molecule has 0 saturated heterocycles. The average molecular weight is 548 g/mol. The maximum absolute atomic E-state index is 14.1. The lowest BCUT2D eigenvalue weighted by Crippen LogP contribution is -2.30. The summed E-state index contributed by atoms with van der Waals surface area (Å²) in [5.41, 5.74) is 0. The normalized spacial score (nSPS) is 12.5. The molecule has 0 rings (SSSR count). The maximum atomic E-state index is 14.1. The van der Waals surface area contributed by atoms with Crippen LogP contribution in [-0.4, -0.2) is 82.1 Å². The lowest BCUT2D eigenvalue weighted by atomic mass is 10.1. The van der Waals surface area contributed by atoms with Gasteiger partial charge in [0.05, 0.1) is 13.2 Å². The monoisotopic (exact) mass is 547 g/mol. The van der Waals surface area contributed by atoms with Crippen LogP contribution in [0.1, 0.15) is 129 Å². The van der Waals surface area contributed by atoms with E-state index in [0.29, 0.717) is 13.2 Å². The third kappa shape index (κ3) is 23.6. The molecule has 37 heavy (non-hydrogen) atoms. The lowest BCUT2D eigenvalue weighted by Gasteiger charge is -2.31. The van der Waals surface area contributed by atoms with Crippen LogP contribution in [0.5, 0.6) is 0 Å². The van der Waals surface area contributed by atoms with E-state index in [1.54, 1.807) is 0 Å². The van der Waals surface area contributed by atoms with E-state index < -0.39 is 7.75 Å². The molecule has 0 aromatic heterocycles. The van der Waals surface area contributed by atoms with E-state index in [2.05, 4.69) is 51.8 Å². The first kappa shape index (κ1) is 37.0. The Balaban J connectivity index is 4.79. The summed E-state index contributed by atoms with van der Waals surface area (Å²) in [7, 11) is 5.07. The quantitative estimate of drug-likeness (QED) is 0.0690. The highest BCUT2D eigenvalue weighted by atomic mass is 31.2. The second kappa shape index (κ2) is 26.3. The summed E-state index contributed by atoms with van der Waals surface area (Å²) in [6.45, 7) is 9.02. The maximum Gasteiger partial charge on any atom is 0.408 e. The topological polar surface area (TPSA) is 45.3 Å². The van der Waals surface area contributed by atoms with Gasteiger partial charge in [-0.15, -0.1) is 0 Å². The van der Waals surface area contributed by atoms with Crippen molar-refractivity contribution < 1.29 is 13.6 Å². The molecule has 0 atom stereocenters. The molecule has 0 aromatic carbocycles. The van der Waals surface area contributed by atoms with Crippen LogP contribution >= 0.6 is 7.75 Å². The number of hydrogen-bond acceptors (Lipinski definition) is 5. The summed E-state index contributed by atoms with van der Waals surface area (Å²) < 4.78 is 28.5. The van der Waals surface area contributed by atoms with Crippen LogP contribution in [0.3, 0.4) is 0 Å². The zero-order chi connectivity index (χ0) is 27.6. The van der Waals surface area contributed by atoms with Gasteiger partial charge in [-0.05, 0) is 67.0 Å². The van der Waals surface area contributed by atoms with Gasteiger partial charge in [0, 0.05) is 13.1 Å². The van der Waals surface area contributed by atoms with Gasteiger partial charge >= 0.3 is 7.75 Å². The highest BCUT2D eigenvalue weighted by molar-refractivity contribution is 7.51. The zero-order valence-electron chi connectivity index (χ0n) is 26.0. The third-order valence-electron chi connectivity index (χ3n) is 6.89. The van der Waals surface area contributed by atoms with Crippen molar-refractivity contribution >= 4 is 7.75 Å². The fourth-order valence-electron chi connectivity index (χ4n) is 4.53. The van der Waals surface area contributed by atoms with E-state index >= 15 is 0 Å². The number of nitrogens with zero attached hydrogens (tertiary/aromatic N) is 3. The Labute approximate surface area is 232 Å². The van der Waals surface area contributed by atoms with Crippen molar-refractivity contribution in [2.24, 2.45) is 0 Å². The van der Waals surface area contributed by atoms with Crippen molar-refractivity contribution in [3.8, 4) is 0 Å². The second-order valence-corrected chi connectivity index (χ2v) is 13.4. The summed E-state index contributed by atoms with van der Waals surface area (Å²) in [5.74, 6) is 0. The molecule has 0 fully saturated rings. The molecule has 224 valence electrons. The SMILES string of the molecule is CCCCCCCCCCOP(=O)(OCCCCCCCCCC)N(CCCN(C)C)CCCN(C)C. The van der Waals surface area contributed by atoms with E-state index in [0.717, 1.165) is 64.7 Å². The van der Waals surface area contributed by atoms with Crippen molar-refractivity contribution in [3.63, 3.8) is 0 Å². The predicted octanol–water partition coefficient (Wildman–Crippen LogP) is 8.61. The molecule has 7 heteroatoms. The van der Waals surface area contributed by atoms with Crippen LogP contribution < -0.4 is 0 Å². The molecule has 0 unspecified atom stereocenters. The highest BCUT2D eigenvalue weighted by Crippen LogP contribution is 2.52. The third-order valence-corrected chi connectivity index (χ3v) is 9.00. The van der Waals surface area contributed by atoms with E-state index in [1.807, 2.05) is 4.67 Å². The standard InChI is InChI=1S/C30H66N3O3P/c1-7-9-11-13-15-17-19-21-29-35-37(34,36-30-22-20-18-16-14-12-10-8-2)33(27-23-25-31(3)4)28-24-26-32(5)6/h7-30H2,1-6H3. The summed E-state index contributed by atoms with van der Waals surface area (Å²) in [5, 5.41) is 0. The lowest BCUT2D eigenvalue weighted by molar-refractivity contribution is 0.147. The zero-order valence-corrected chi connectivity index (χ0v) is 26.9. The van der Waals surface area contributed by atoms with E-state index in [9.17, 15) is 4.57 Å². The van der Waals surface area contributed by atoms with Gasteiger partial charge in [-0.2, -0.15) is 0 Å². The molecule has 0 N–H and O–H groups in total. The van der Waals surface area contributed by atoms with Gasteiger partial charge in [-0.3, -0.25) is 9.05 Å². The molecule has 0 spiro atoms. The van der Waals surface area contributed by atoms with Crippen LogP contribution in [-0.2, 0) is 13.6 Å². The summed E-state index contributed by atoms with van der Waals surface area (Å²) >= 11 is 0. The molecule has 0 aliphatic carbocycles. The van der Waals surface area contributed by atoms with E-state index in [-0.39, 0.29) is 0 Å². The Morgan fingerprint density at radius 2 is 0.784 bits per heavy atom. The molecule has 0 aromatic rings. The van der Waals surface area contributed by atoms with Crippen LogP contribution in [0.15, 0.2) is 0 Å². The van der Waals surface area contributed by atoms with Gasteiger partial charge in [0.15, 0.2) is 0 Å². The molecule has 0 aliphatic rings. The second-order valence-electron chi connectivity index (χ2n) is 11.4. The molecular weight excluding hydrogens is 481 g/mol. The van der Waals surface area contributed by atoms with Crippen LogP contribution in [0, 0.1) is 0 Å². The van der Waals surface area contributed by atoms with Gasteiger partial charge < -0.3 is 9.80 Å². The van der Waals surface area contributed by atoms with Crippen molar-refractivity contribution in [2.75, 3.05) is 67.6 Å². The van der Waals surface area contributed by atoms with Crippen molar-refractivity contribution in [2.45, 2.75) is 129 Å². The summed E-state index contributed by atoms with van der Waals surface area (Å²) in [6.07, 6.45) is 21.9. The fourth-order valence-corrected chi connectivity index (χ4v) is 6.42. The molecule has 0 aliphatic heterocycles. The van der Waals surface area contributed by atoms with Crippen LogP contribution in [0.2, 0.25) is 0 Å². The largest absolute Gasteiger partial charge is 0.408 e. The number of rotatable bonds is 29. The fraction of sp³-hybridized carbons (Fsp3) is 1.00. The molecular formula is C30H66N3O3P. The predicted molar refractivity (Wildman–Crippen MR) is 163 cm³/mol. The van der Waals surface area contributed by atoms with Gasteiger partial charge in [0.1, 0.15) is 0 Å². The number of unbranched alkanes of at least 4 members (excludes halogenated alkanes) is 14. The van der Waals surface area contributed by atoms with Gasteiger partial charge in [0.25, 0.3) is 0 Å². The molecule has 0 bridgehead atoms.